The Morgan fingerprint density at radius 1 is 1.00 bits per heavy atom. The molecule has 21 heavy (non-hydrogen) atoms. The van der Waals surface area contributed by atoms with Crippen molar-refractivity contribution in [1.82, 2.24) is 4.90 Å². The zero-order valence-corrected chi connectivity index (χ0v) is 14.1. The maximum atomic E-state index is 6.15. The van der Waals surface area contributed by atoms with E-state index in [0.717, 1.165) is 18.3 Å². The fourth-order valence-corrected chi connectivity index (χ4v) is 3.11. The van der Waals surface area contributed by atoms with E-state index in [4.69, 9.17) is 9.31 Å². The van der Waals surface area contributed by atoms with Gasteiger partial charge < -0.3 is 14.2 Å². The fraction of sp³-hybridized carbons (Fsp3) is 0.647. The summed E-state index contributed by atoms with van der Waals surface area (Å²) in [6.07, 6.45) is 2.27. The molecule has 0 bridgehead atoms. The summed E-state index contributed by atoms with van der Waals surface area (Å²) in [6, 6.07) is 7.31. The lowest BCUT2D eigenvalue weighted by Crippen LogP contribution is -2.41. The highest BCUT2D eigenvalue weighted by Gasteiger charge is 2.51. The van der Waals surface area contributed by atoms with Crippen LogP contribution in [-0.4, -0.2) is 43.4 Å². The summed E-state index contributed by atoms with van der Waals surface area (Å²) in [7, 11) is 4.07. The number of hydrogen-bond acceptors (Lipinski definition) is 3. The van der Waals surface area contributed by atoms with Gasteiger partial charge in [0.25, 0.3) is 0 Å². The predicted molar refractivity (Wildman–Crippen MR) is 87.0 cm³/mol. The Balaban J connectivity index is 1.83. The number of rotatable bonds is 2. The van der Waals surface area contributed by atoms with Crippen molar-refractivity contribution in [3.63, 3.8) is 0 Å². The predicted octanol–water partition coefficient (Wildman–Crippen LogP) is 2.01. The highest BCUT2D eigenvalue weighted by molar-refractivity contribution is 6.62. The van der Waals surface area contributed by atoms with E-state index in [0.29, 0.717) is 6.04 Å². The van der Waals surface area contributed by atoms with Crippen molar-refractivity contribution in [2.45, 2.75) is 57.8 Å². The highest BCUT2D eigenvalue weighted by Crippen LogP contribution is 2.36. The summed E-state index contributed by atoms with van der Waals surface area (Å²) < 4.78 is 12.3. The zero-order chi connectivity index (χ0) is 15.4. The lowest BCUT2D eigenvalue weighted by molar-refractivity contribution is 0.00578. The Hall–Kier alpha value is -0.835. The van der Waals surface area contributed by atoms with Crippen LogP contribution in [0.4, 0.5) is 0 Å². The van der Waals surface area contributed by atoms with Gasteiger partial charge in [-0.3, -0.25) is 0 Å². The van der Waals surface area contributed by atoms with Gasteiger partial charge in [0.1, 0.15) is 0 Å². The Bertz CT molecular complexity index is 538. The molecule has 3 rings (SSSR count). The molecule has 114 valence electrons. The van der Waals surface area contributed by atoms with Gasteiger partial charge in [-0.1, -0.05) is 18.2 Å². The fourth-order valence-electron chi connectivity index (χ4n) is 3.11. The molecule has 1 saturated heterocycles. The molecule has 0 amide bonds. The second-order valence-corrected chi connectivity index (χ2v) is 7.64. The smallest absolute Gasteiger partial charge is 0.399 e. The van der Waals surface area contributed by atoms with Gasteiger partial charge in [-0.15, -0.1) is 0 Å². The standard InChI is InChI=1S/C17H26BNO2/c1-16(2)17(3,4)21-18(20-16)14-8-7-12-10-15(19(5)6)11-13(12)9-14/h7-9,15H,10-11H2,1-6H3/t15-/m1/s1. The summed E-state index contributed by atoms with van der Waals surface area (Å²) in [6.45, 7) is 8.40. The topological polar surface area (TPSA) is 21.7 Å². The molecule has 3 nitrogen and oxygen atoms in total. The monoisotopic (exact) mass is 287 g/mol. The molecule has 1 aromatic carbocycles. The van der Waals surface area contributed by atoms with Gasteiger partial charge in [-0.25, -0.2) is 0 Å². The SMILES string of the molecule is CN(C)[C@@H]1Cc2ccc(B3OC(C)(C)C(C)(C)O3)cc2C1. The van der Waals surface area contributed by atoms with E-state index >= 15 is 0 Å². The number of fused-ring (bicyclic) bond motifs is 1. The molecule has 0 saturated carbocycles. The number of hydrogen-bond donors (Lipinski definition) is 0. The third kappa shape index (κ3) is 2.54. The Labute approximate surface area is 128 Å². The van der Waals surface area contributed by atoms with E-state index in [1.165, 1.54) is 11.1 Å². The average molecular weight is 287 g/mol. The van der Waals surface area contributed by atoms with Crippen LogP contribution in [0.15, 0.2) is 18.2 Å². The minimum atomic E-state index is -0.275. The first kappa shape index (κ1) is 15.1. The highest BCUT2D eigenvalue weighted by atomic mass is 16.7. The van der Waals surface area contributed by atoms with Gasteiger partial charge in [0.15, 0.2) is 0 Å². The third-order valence-corrected chi connectivity index (χ3v) is 5.40. The molecule has 1 aliphatic heterocycles. The maximum Gasteiger partial charge on any atom is 0.494 e. The summed E-state index contributed by atoms with van der Waals surface area (Å²) in [4.78, 5) is 2.31. The molecule has 2 aliphatic rings. The van der Waals surface area contributed by atoms with Gasteiger partial charge in [0.05, 0.1) is 11.2 Å². The van der Waals surface area contributed by atoms with E-state index in [9.17, 15) is 0 Å². The van der Waals surface area contributed by atoms with Gasteiger partial charge in [0, 0.05) is 6.04 Å². The van der Waals surface area contributed by atoms with Crippen LogP contribution in [0, 0.1) is 0 Å². The van der Waals surface area contributed by atoms with E-state index in [2.05, 4.69) is 64.9 Å². The first-order valence-corrected chi connectivity index (χ1v) is 7.83. The normalized spacial score (nSPS) is 26.4. The van der Waals surface area contributed by atoms with Crippen LogP contribution in [0.25, 0.3) is 0 Å². The van der Waals surface area contributed by atoms with Crippen LogP contribution in [-0.2, 0) is 22.2 Å². The van der Waals surface area contributed by atoms with Crippen molar-refractivity contribution in [2.24, 2.45) is 0 Å². The van der Waals surface area contributed by atoms with E-state index in [-0.39, 0.29) is 18.3 Å². The summed E-state index contributed by atoms with van der Waals surface area (Å²) in [5.74, 6) is 0. The molecule has 0 unspecified atom stereocenters. The van der Waals surface area contributed by atoms with Gasteiger partial charge in [-0.05, 0) is 71.2 Å². The number of likely N-dealkylation sites (N-methyl/N-ethyl adjacent to an activating group) is 1. The van der Waals surface area contributed by atoms with Crippen LogP contribution in [0.3, 0.4) is 0 Å². The van der Waals surface area contributed by atoms with Gasteiger partial charge in [0.2, 0.25) is 0 Å². The largest absolute Gasteiger partial charge is 0.494 e. The van der Waals surface area contributed by atoms with Crippen molar-refractivity contribution in [3.05, 3.63) is 29.3 Å². The van der Waals surface area contributed by atoms with Crippen LogP contribution in [0.1, 0.15) is 38.8 Å². The molecule has 1 heterocycles. The lowest BCUT2D eigenvalue weighted by atomic mass is 9.78. The molecule has 0 radical (unpaired) electrons. The molecule has 1 aromatic rings. The molecular formula is C17H26BNO2. The number of benzene rings is 1. The van der Waals surface area contributed by atoms with E-state index in [1.54, 1.807) is 0 Å². The summed E-state index contributed by atoms with van der Waals surface area (Å²) in [5.41, 5.74) is 3.51. The molecule has 1 atom stereocenters. The lowest BCUT2D eigenvalue weighted by Gasteiger charge is -2.32. The number of nitrogens with zero attached hydrogens (tertiary/aromatic N) is 1. The summed E-state index contributed by atoms with van der Waals surface area (Å²) >= 11 is 0. The third-order valence-electron chi connectivity index (χ3n) is 5.40. The second-order valence-electron chi connectivity index (χ2n) is 7.64. The molecular weight excluding hydrogens is 261 g/mol. The molecule has 1 fully saturated rings. The molecule has 1 aliphatic carbocycles. The second kappa shape index (κ2) is 4.84. The Morgan fingerprint density at radius 3 is 2.14 bits per heavy atom. The molecule has 0 aromatic heterocycles. The van der Waals surface area contributed by atoms with Gasteiger partial charge >= 0.3 is 7.12 Å². The Morgan fingerprint density at radius 2 is 1.57 bits per heavy atom. The minimum absolute atomic E-state index is 0.251. The first-order chi connectivity index (χ1) is 9.69. The van der Waals surface area contributed by atoms with Crippen LogP contribution in [0.5, 0.6) is 0 Å². The van der Waals surface area contributed by atoms with Crippen molar-refractivity contribution < 1.29 is 9.31 Å². The average Bonchev–Trinajstić information content (AvgIpc) is 2.88. The van der Waals surface area contributed by atoms with Crippen LogP contribution in [0.2, 0.25) is 0 Å². The summed E-state index contributed by atoms with van der Waals surface area (Å²) in [5, 5.41) is 0. The quantitative estimate of drug-likeness (QED) is 0.777. The first-order valence-electron chi connectivity index (χ1n) is 7.83. The van der Waals surface area contributed by atoms with Crippen molar-refractivity contribution in [1.29, 1.82) is 0 Å². The minimum Gasteiger partial charge on any atom is -0.399 e. The molecule has 0 N–H and O–H groups in total. The van der Waals surface area contributed by atoms with Gasteiger partial charge in [-0.2, -0.15) is 0 Å². The van der Waals surface area contributed by atoms with Crippen molar-refractivity contribution in [2.75, 3.05) is 14.1 Å². The molecule has 0 spiro atoms. The van der Waals surface area contributed by atoms with E-state index in [1.807, 2.05) is 0 Å². The van der Waals surface area contributed by atoms with Crippen molar-refractivity contribution >= 4 is 12.6 Å². The molecule has 4 heteroatoms. The Kier molecular flexibility index (Phi) is 3.47. The van der Waals surface area contributed by atoms with E-state index < -0.39 is 0 Å². The van der Waals surface area contributed by atoms with Crippen LogP contribution >= 0.6 is 0 Å². The van der Waals surface area contributed by atoms with Crippen LogP contribution < -0.4 is 5.46 Å². The maximum absolute atomic E-state index is 6.15. The zero-order valence-electron chi connectivity index (χ0n) is 14.1. The van der Waals surface area contributed by atoms with Crippen molar-refractivity contribution in [3.8, 4) is 0 Å².